The second kappa shape index (κ2) is 12.9. The lowest BCUT2D eigenvalue weighted by Gasteiger charge is -2.32. The standard InChI is InChI=1S/C14H30N2O.C2H6/c1-4-5-7-14(17-3)8-6-9-16-12-10-15(2)11-13-16;1-2/h14H,4-13H2,1-3H3;1-2H3. The average molecular weight is 272 g/mol. The third-order valence-electron chi connectivity index (χ3n) is 3.81. The van der Waals surface area contributed by atoms with Gasteiger partial charge in [0.05, 0.1) is 6.10 Å². The van der Waals surface area contributed by atoms with Gasteiger partial charge >= 0.3 is 0 Å². The minimum absolute atomic E-state index is 0.488. The molecular formula is C16H36N2O. The van der Waals surface area contributed by atoms with E-state index in [0.717, 1.165) is 0 Å². The van der Waals surface area contributed by atoms with Crippen LogP contribution in [0.25, 0.3) is 0 Å². The molecule has 1 unspecified atom stereocenters. The van der Waals surface area contributed by atoms with Crippen molar-refractivity contribution in [1.82, 2.24) is 9.80 Å². The van der Waals surface area contributed by atoms with Gasteiger partial charge in [-0.1, -0.05) is 33.6 Å². The largest absolute Gasteiger partial charge is 0.381 e. The zero-order valence-corrected chi connectivity index (χ0v) is 14.0. The molecule has 0 aromatic carbocycles. The van der Waals surface area contributed by atoms with Crippen LogP contribution in [-0.2, 0) is 4.74 Å². The third-order valence-corrected chi connectivity index (χ3v) is 3.81. The lowest BCUT2D eigenvalue weighted by Crippen LogP contribution is -2.44. The SMILES string of the molecule is CC.CCCCC(CCCN1CCN(C)CC1)OC. The Bertz CT molecular complexity index is 175. The zero-order chi connectivity index (χ0) is 14.5. The molecule has 0 aliphatic carbocycles. The summed E-state index contributed by atoms with van der Waals surface area (Å²) >= 11 is 0. The highest BCUT2D eigenvalue weighted by Crippen LogP contribution is 2.11. The summed E-state index contributed by atoms with van der Waals surface area (Å²) < 4.78 is 5.53. The molecule has 1 fully saturated rings. The fraction of sp³-hybridized carbons (Fsp3) is 1.00. The van der Waals surface area contributed by atoms with Crippen molar-refractivity contribution in [1.29, 1.82) is 0 Å². The van der Waals surface area contributed by atoms with E-state index in [1.54, 1.807) is 0 Å². The van der Waals surface area contributed by atoms with Gasteiger partial charge in [0.25, 0.3) is 0 Å². The van der Waals surface area contributed by atoms with E-state index >= 15 is 0 Å². The molecule has 1 saturated heterocycles. The molecule has 1 atom stereocenters. The molecule has 3 nitrogen and oxygen atoms in total. The number of likely N-dealkylation sites (N-methyl/N-ethyl adjacent to an activating group) is 1. The maximum absolute atomic E-state index is 5.53. The van der Waals surface area contributed by atoms with Gasteiger partial charge in [-0.25, -0.2) is 0 Å². The van der Waals surface area contributed by atoms with Gasteiger partial charge in [-0.15, -0.1) is 0 Å². The molecule has 0 spiro atoms. The van der Waals surface area contributed by atoms with E-state index in [0.29, 0.717) is 6.10 Å². The van der Waals surface area contributed by atoms with Crippen molar-refractivity contribution in [2.75, 3.05) is 46.9 Å². The van der Waals surface area contributed by atoms with Crippen molar-refractivity contribution in [3.63, 3.8) is 0 Å². The number of hydrogen-bond donors (Lipinski definition) is 0. The Morgan fingerprint density at radius 1 is 1.00 bits per heavy atom. The normalized spacial score (nSPS) is 18.8. The van der Waals surface area contributed by atoms with E-state index < -0.39 is 0 Å². The Balaban J connectivity index is 0.00000154. The first-order valence-electron chi connectivity index (χ1n) is 8.20. The van der Waals surface area contributed by atoms with E-state index in [9.17, 15) is 0 Å². The highest BCUT2D eigenvalue weighted by molar-refractivity contribution is 4.69. The van der Waals surface area contributed by atoms with Crippen LogP contribution in [0.4, 0.5) is 0 Å². The summed E-state index contributed by atoms with van der Waals surface area (Å²) in [5.74, 6) is 0. The Hall–Kier alpha value is -0.120. The second-order valence-corrected chi connectivity index (χ2v) is 5.29. The van der Waals surface area contributed by atoms with Crippen molar-refractivity contribution in [2.24, 2.45) is 0 Å². The minimum Gasteiger partial charge on any atom is -0.381 e. The van der Waals surface area contributed by atoms with Gasteiger partial charge in [-0.3, -0.25) is 0 Å². The molecule has 116 valence electrons. The van der Waals surface area contributed by atoms with Gasteiger partial charge in [0.2, 0.25) is 0 Å². The summed E-state index contributed by atoms with van der Waals surface area (Å²) in [5.41, 5.74) is 0. The van der Waals surface area contributed by atoms with Gasteiger partial charge < -0.3 is 14.5 Å². The number of piperazine rings is 1. The molecule has 1 heterocycles. The van der Waals surface area contributed by atoms with Crippen LogP contribution in [0.5, 0.6) is 0 Å². The van der Waals surface area contributed by atoms with E-state index in [4.69, 9.17) is 4.74 Å². The van der Waals surface area contributed by atoms with Crippen LogP contribution in [0.1, 0.15) is 52.9 Å². The summed E-state index contributed by atoms with van der Waals surface area (Å²) in [5, 5.41) is 0. The lowest BCUT2D eigenvalue weighted by atomic mass is 10.1. The molecule has 0 saturated carbocycles. The van der Waals surface area contributed by atoms with E-state index in [1.807, 2.05) is 21.0 Å². The molecular weight excluding hydrogens is 236 g/mol. The number of hydrogen-bond acceptors (Lipinski definition) is 3. The maximum atomic E-state index is 5.53. The quantitative estimate of drug-likeness (QED) is 0.674. The molecule has 1 rings (SSSR count). The number of unbranched alkanes of at least 4 members (excludes halogenated alkanes) is 1. The van der Waals surface area contributed by atoms with Gasteiger partial charge in [0, 0.05) is 33.3 Å². The molecule has 0 aromatic heterocycles. The van der Waals surface area contributed by atoms with Crippen LogP contribution in [0.3, 0.4) is 0 Å². The molecule has 19 heavy (non-hydrogen) atoms. The third kappa shape index (κ3) is 9.42. The molecule has 1 aliphatic rings. The molecule has 0 radical (unpaired) electrons. The van der Waals surface area contributed by atoms with Gasteiger partial charge in [-0.2, -0.15) is 0 Å². The first-order valence-corrected chi connectivity index (χ1v) is 8.20. The Morgan fingerprint density at radius 2 is 1.58 bits per heavy atom. The fourth-order valence-corrected chi connectivity index (χ4v) is 2.43. The summed E-state index contributed by atoms with van der Waals surface area (Å²) in [6.07, 6.45) is 6.80. The number of methoxy groups -OCH3 is 1. The van der Waals surface area contributed by atoms with Crippen molar-refractivity contribution < 1.29 is 4.74 Å². The molecule has 3 heteroatoms. The first kappa shape index (κ1) is 18.9. The van der Waals surface area contributed by atoms with E-state index in [2.05, 4.69) is 23.8 Å². The summed E-state index contributed by atoms with van der Waals surface area (Å²) in [7, 11) is 4.07. The topological polar surface area (TPSA) is 15.7 Å². The molecule has 1 aliphatic heterocycles. The fourth-order valence-electron chi connectivity index (χ4n) is 2.43. The lowest BCUT2D eigenvalue weighted by molar-refractivity contribution is 0.0777. The smallest absolute Gasteiger partial charge is 0.0571 e. The Kier molecular flexibility index (Phi) is 12.8. The number of ether oxygens (including phenoxy) is 1. The van der Waals surface area contributed by atoms with Crippen LogP contribution in [-0.4, -0.2) is 62.8 Å². The van der Waals surface area contributed by atoms with Crippen molar-refractivity contribution in [2.45, 2.75) is 59.0 Å². The van der Waals surface area contributed by atoms with E-state index in [1.165, 1.54) is 64.8 Å². The predicted molar refractivity (Wildman–Crippen MR) is 84.8 cm³/mol. The van der Waals surface area contributed by atoms with Crippen LogP contribution in [0.2, 0.25) is 0 Å². The Morgan fingerprint density at radius 3 is 2.11 bits per heavy atom. The molecule has 0 N–H and O–H groups in total. The monoisotopic (exact) mass is 272 g/mol. The van der Waals surface area contributed by atoms with Gasteiger partial charge in [-0.05, 0) is 32.9 Å². The zero-order valence-electron chi connectivity index (χ0n) is 14.0. The van der Waals surface area contributed by atoms with E-state index in [-0.39, 0.29) is 0 Å². The molecule has 0 aromatic rings. The molecule has 0 bridgehead atoms. The highest BCUT2D eigenvalue weighted by atomic mass is 16.5. The van der Waals surface area contributed by atoms with Crippen LogP contribution < -0.4 is 0 Å². The summed E-state index contributed by atoms with van der Waals surface area (Å²) in [6, 6.07) is 0. The second-order valence-electron chi connectivity index (χ2n) is 5.29. The summed E-state index contributed by atoms with van der Waals surface area (Å²) in [4.78, 5) is 5.00. The maximum Gasteiger partial charge on any atom is 0.0571 e. The van der Waals surface area contributed by atoms with Crippen LogP contribution in [0.15, 0.2) is 0 Å². The number of rotatable bonds is 8. The van der Waals surface area contributed by atoms with Crippen LogP contribution in [0, 0.1) is 0 Å². The summed E-state index contributed by atoms with van der Waals surface area (Å²) in [6.45, 7) is 12.4. The Labute approximate surface area is 121 Å². The van der Waals surface area contributed by atoms with Crippen molar-refractivity contribution in [3.05, 3.63) is 0 Å². The van der Waals surface area contributed by atoms with Crippen LogP contribution >= 0.6 is 0 Å². The highest BCUT2D eigenvalue weighted by Gasteiger charge is 2.14. The number of nitrogens with zero attached hydrogens (tertiary/aromatic N) is 2. The van der Waals surface area contributed by atoms with Gasteiger partial charge in [0.15, 0.2) is 0 Å². The van der Waals surface area contributed by atoms with Crippen molar-refractivity contribution in [3.8, 4) is 0 Å². The minimum atomic E-state index is 0.488. The van der Waals surface area contributed by atoms with Gasteiger partial charge in [0.1, 0.15) is 0 Å². The first-order chi connectivity index (χ1) is 9.26. The van der Waals surface area contributed by atoms with Crippen molar-refractivity contribution >= 4 is 0 Å². The molecule has 0 amide bonds. The average Bonchev–Trinajstić information content (AvgIpc) is 2.47. The predicted octanol–water partition coefficient (Wildman–Crippen LogP) is 3.25.